The highest BCUT2D eigenvalue weighted by Crippen LogP contribution is 2.45. The van der Waals surface area contributed by atoms with Gasteiger partial charge in [0.05, 0.1) is 29.2 Å². The van der Waals surface area contributed by atoms with E-state index in [4.69, 9.17) is 9.47 Å². The molecule has 0 fully saturated rings. The number of halogens is 4. The van der Waals surface area contributed by atoms with Crippen molar-refractivity contribution in [2.24, 2.45) is 0 Å². The number of nitro groups is 1. The molecule has 1 aliphatic heterocycles. The quantitative estimate of drug-likeness (QED) is 0.106. The summed E-state index contributed by atoms with van der Waals surface area (Å²) in [5, 5.41) is 13.5. The number of ether oxygens (including phenoxy) is 2. The van der Waals surface area contributed by atoms with Crippen LogP contribution in [0.25, 0.3) is 0 Å². The SMILES string of the molecule is COc1ccc(NC(=O)COC(=O)[C@H](C)N2C(=O)c3c(Br)c(Br)c(Br)c(Br)c3C2=O)c([N+](=O)[O-])c1. The monoisotopic (exact) mass is 739 g/mol. The summed E-state index contributed by atoms with van der Waals surface area (Å²) < 4.78 is 11.5. The lowest BCUT2D eigenvalue weighted by Crippen LogP contribution is -2.44. The molecule has 35 heavy (non-hydrogen) atoms. The van der Waals surface area contributed by atoms with E-state index in [0.29, 0.717) is 17.9 Å². The van der Waals surface area contributed by atoms with Crippen molar-refractivity contribution in [1.82, 2.24) is 4.90 Å². The van der Waals surface area contributed by atoms with Gasteiger partial charge in [0.15, 0.2) is 6.61 Å². The fraction of sp³-hybridized carbons (Fsp3) is 0.200. The van der Waals surface area contributed by atoms with Crippen LogP contribution < -0.4 is 10.1 Å². The number of carbonyl (C=O) groups excluding carboxylic acids is 4. The number of rotatable bonds is 7. The molecule has 1 N–H and O–H groups in total. The van der Waals surface area contributed by atoms with Gasteiger partial charge in [0.1, 0.15) is 17.5 Å². The largest absolute Gasteiger partial charge is 0.496 e. The van der Waals surface area contributed by atoms with Gasteiger partial charge in [-0.2, -0.15) is 0 Å². The number of nitrogens with one attached hydrogen (secondary N) is 1. The van der Waals surface area contributed by atoms with Crippen molar-refractivity contribution in [2.45, 2.75) is 13.0 Å². The molecule has 1 atom stereocenters. The molecule has 3 rings (SSSR count). The van der Waals surface area contributed by atoms with E-state index in [1.807, 2.05) is 0 Å². The van der Waals surface area contributed by atoms with Crippen LogP contribution in [0.1, 0.15) is 27.6 Å². The first-order valence-electron chi connectivity index (χ1n) is 9.43. The Balaban J connectivity index is 1.72. The molecule has 2 aromatic rings. The number of imide groups is 1. The molecule has 3 amide bonds. The Morgan fingerprint density at radius 3 is 2.09 bits per heavy atom. The molecule has 15 heteroatoms. The third kappa shape index (κ3) is 5.13. The lowest BCUT2D eigenvalue weighted by molar-refractivity contribution is -0.384. The number of nitro benzene ring substituents is 1. The van der Waals surface area contributed by atoms with Crippen molar-refractivity contribution in [1.29, 1.82) is 0 Å². The summed E-state index contributed by atoms with van der Waals surface area (Å²) in [4.78, 5) is 62.1. The van der Waals surface area contributed by atoms with Gasteiger partial charge in [-0.25, -0.2) is 4.79 Å². The minimum absolute atomic E-state index is 0.0566. The molecule has 0 saturated heterocycles. The molecule has 0 aromatic heterocycles. The van der Waals surface area contributed by atoms with Crippen molar-refractivity contribution >= 4 is 98.8 Å². The second kappa shape index (κ2) is 10.7. The van der Waals surface area contributed by atoms with Crippen molar-refractivity contribution in [3.8, 4) is 5.75 Å². The van der Waals surface area contributed by atoms with E-state index in [-0.39, 0.29) is 22.6 Å². The highest BCUT2D eigenvalue weighted by atomic mass is 79.9. The van der Waals surface area contributed by atoms with Gasteiger partial charge in [0.25, 0.3) is 23.4 Å². The van der Waals surface area contributed by atoms with Crippen molar-refractivity contribution in [2.75, 3.05) is 19.0 Å². The number of methoxy groups -OCH3 is 1. The lowest BCUT2D eigenvalue weighted by atomic mass is 10.1. The standard InChI is InChI=1S/C20H13Br4N3O8/c1-7(26-18(29)12-13(19(26)30)15(22)17(24)16(23)14(12)21)20(31)35-6-11(28)25-9-4-3-8(34-2)5-10(9)27(32)33/h3-5,7H,6H2,1-2H3,(H,25,28)/t7-/m0/s1. The zero-order chi connectivity index (χ0) is 26.2. The minimum Gasteiger partial charge on any atom is -0.496 e. The van der Waals surface area contributed by atoms with E-state index < -0.39 is 47.0 Å². The minimum atomic E-state index is -1.36. The fourth-order valence-electron chi connectivity index (χ4n) is 3.16. The number of amides is 3. The van der Waals surface area contributed by atoms with Gasteiger partial charge in [-0.15, -0.1) is 0 Å². The van der Waals surface area contributed by atoms with E-state index in [9.17, 15) is 29.3 Å². The first-order chi connectivity index (χ1) is 16.4. The van der Waals surface area contributed by atoms with Gasteiger partial charge < -0.3 is 14.8 Å². The third-order valence-electron chi connectivity index (χ3n) is 4.88. The van der Waals surface area contributed by atoms with E-state index in [2.05, 4.69) is 69.0 Å². The number of anilines is 1. The Labute approximate surface area is 231 Å². The predicted molar refractivity (Wildman–Crippen MR) is 136 cm³/mol. The second-order valence-electron chi connectivity index (χ2n) is 6.96. The van der Waals surface area contributed by atoms with E-state index in [0.717, 1.165) is 11.0 Å². The maximum absolute atomic E-state index is 13.0. The summed E-state index contributed by atoms with van der Waals surface area (Å²) >= 11 is 13.2. The summed E-state index contributed by atoms with van der Waals surface area (Å²) in [5.41, 5.74) is -0.435. The maximum Gasteiger partial charge on any atom is 0.329 e. The summed E-state index contributed by atoms with van der Waals surface area (Å²) in [6, 6.07) is 2.44. The van der Waals surface area contributed by atoms with Gasteiger partial charge in [0, 0.05) is 17.9 Å². The summed E-state index contributed by atoms with van der Waals surface area (Å²) in [5.74, 6) is -3.13. The second-order valence-corrected chi connectivity index (χ2v) is 10.1. The molecule has 2 aromatic carbocycles. The van der Waals surface area contributed by atoms with Gasteiger partial charge in [-0.1, -0.05) is 0 Å². The molecule has 184 valence electrons. The first kappa shape index (κ1) is 27.2. The first-order valence-corrected chi connectivity index (χ1v) is 12.6. The van der Waals surface area contributed by atoms with Crippen molar-refractivity contribution < 1.29 is 33.6 Å². The topological polar surface area (TPSA) is 145 Å². The number of hydrogen-bond donors (Lipinski definition) is 1. The molecule has 1 aliphatic rings. The van der Waals surface area contributed by atoms with Gasteiger partial charge in [0.2, 0.25) is 0 Å². The van der Waals surface area contributed by atoms with Gasteiger partial charge >= 0.3 is 5.97 Å². The molecule has 11 nitrogen and oxygen atoms in total. The molecule has 0 saturated carbocycles. The molecular weight excluding hydrogens is 730 g/mol. The van der Waals surface area contributed by atoms with Crippen LogP contribution in [0.3, 0.4) is 0 Å². The highest BCUT2D eigenvalue weighted by Gasteiger charge is 2.45. The third-order valence-corrected chi connectivity index (χ3v) is 9.65. The van der Waals surface area contributed by atoms with E-state index >= 15 is 0 Å². The Hall–Kier alpha value is -2.36. The highest BCUT2D eigenvalue weighted by molar-refractivity contribution is 9.15. The van der Waals surface area contributed by atoms with Crippen LogP contribution in [0, 0.1) is 10.1 Å². The number of nitrogens with zero attached hydrogens (tertiary/aromatic N) is 2. The number of carbonyl (C=O) groups is 4. The van der Waals surface area contributed by atoms with Crippen LogP contribution in [0.2, 0.25) is 0 Å². The van der Waals surface area contributed by atoms with E-state index in [1.54, 1.807) is 0 Å². The maximum atomic E-state index is 13.0. The van der Waals surface area contributed by atoms with Crippen LogP contribution in [0.4, 0.5) is 11.4 Å². The van der Waals surface area contributed by atoms with Crippen LogP contribution >= 0.6 is 63.7 Å². The average molecular weight is 743 g/mol. The molecule has 0 unspecified atom stereocenters. The van der Waals surface area contributed by atoms with Crippen molar-refractivity contribution in [3.63, 3.8) is 0 Å². The molecule has 0 bridgehead atoms. The van der Waals surface area contributed by atoms with Crippen LogP contribution in [0.5, 0.6) is 5.75 Å². The Bertz CT molecular complexity index is 1250. The Morgan fingerprint density at radius 1 is 1.06 bits per heavy atom. The summed E-state index contributed by atoms with van der Waals surface area (Å²) in [7, 11) is 1.33. The summed E-state index contributed by atoms with van der Waals surface area (Å²) in [6.45, 7) is 0.474. The predicted octanol–water partition coefficient (Wildman–Crippen LogP) is 4.82. The van der Waals surface area contributed by atoms with Gasteiger partial charge in [-0.3, -0.25) is 29.4 Å². The number of benzene rings is 2. The number of esters is 1. The molecule has 1 heterocycles. The Morgan fingerprint density at radius 2 is 1.60 bits per heavy atom. The molecule has 0 aliphatic carbocycles. The van der Waals surface area contributed by atoms with Gasteiger partial charge in [-0.05, 0) is 82.8 Å². The van der Waals surface area contributed by atoms with Crippen LogP contribution in [-0.2, 0) is 14.3 Å². The smallest absolute Gasteiger partial charge is 0.329 e. The normalized spacial score (nSPS) is 13.4. The molecule has 0 spiro atoms. The van der Waals surface area contributed by atoms with Crippen molar-refractivity contribution in [3.05, 3.63) is 57.3 Å². The Kier molecular flexibility index (Phi) is 8.34. The molecule has 0 radical (unpaired) electrons. The molecular formula is C20H13Br4N3O8. The summed E-state index contributed by atoms with van der Waals surface area (Å²) in [6.07, 6.45) is 0. The van der Waals surface area contributed by atoms with Crippen LogP contribution in [0.15, 0.2) is 36.1 Å². The number of hydrogen-bond acceptors (Lipinski definition) is 8. The fourth-order valence-corrected chi connectivity index (χ4v) is 5.62. The lowest BCUT2D eigenvalue weighted by Gasteiger charge is -2.20. The van der Waals surface area contributed by atoms with Crippen LogP contribution in [-0.4, -0.2) is 53.3 Å². The van der Waals surface area contributed by atoms with E-state index in [1.165, 1.54) is 26.2 Å². The average Bonchev–Trinajstić information content (AvgIpc) is 3.09. The zero-order valence-corrected chi connectivity index (χ0v) is 24.0. The number of fused-ring (bicyclic) bond motifs is 1. The zero-order valence-electron chi connectivity index (χ0n) is 17.7.